The van der Waals surface area contributed by atoms with Crippen LogP contribution in [0.15, 0.2) is 30.3 Å². The Morgan fingerprint density at radius 1 is 1.20 bits per heavy atom. The van der Waals surface area contributed by atoms with Gasteiger partial charge >= 0.3 is 5.97 Å². The van der Waals surface area contributed by atoms with Gasteiger partial charge in [-0.05, 0) is 23.7 Å². The molecule has 0 heterocycles. The SMILES string of the molecule is COC(=O)C[C@H](O[Si](C)(C)C(C)(C)C)c1ccccc1. The smallest absolute Gasteiger partial charge is 0.308 e. The van der Waals surface area contributed by atoms with Crippen molar-refractivity contribution < 1.29 is 14.0 Å². The number of ether oxygens (including phenoxy) is 1. The molecule has 1 aromatic carbocycles. The Bertz CT molecular complexity index is 435. The Kier molecular flexibility index (Phi) is 5.54. The maximum atomic E-state index is 11.6. The van der Waals surface area contributed by atoms with E-state index in [4.69, 9.17) is 9.16 Å². The van der Waals surface area contributed by atoms with E-state index < -0.39 is 8.32 Å². The van der Waals surface area contributed by atoms with Gasteiger partial charge in [-0.1, -0.05) is 51.1 Å². The molecule has 0 fully saturated rings. The van der Waals surface area contributed by atoms with Crippen molar-refractivity contribution in [1.29, 1.82) is 0 Å². The normalized spacial score (nSPS) is 13.9. The van der Waals surface area contributed by atoms with Crippen LogP contribution in [0.1, 0.15) is 38.9 Å². The van der Waals surface area contributed by atoms with E-state index in [0.29, 0.717) is 0 Å². The van der Waals surface area contributed by atoms with Gasteiger partial charge < -0.3 is 9.16 Å². The molecule has 0 unspecified atom stereocenters. The first-order chi connectivity index (χ1) is 9.17. The third-order valence-corrected chi connectivity index (χ3v) is 8.48. The lowest BCUT2D eigenvalue weighted by Crippen LogP contribution is -2.42. The van der Waals surface area contributed by atoms with Crippen LogP contribution in [0.25, 0.3) is 0 Å². The fourth-order valence-corrected chi connectivity index (χ4v) is 2.95. The van der Waals surface area contributed by atoms with Gasteiger partial charge in [-0.15, -0.1) is 0 Å². The van der Waals surface area contributed by atoms with Crippen LogP contribution < -0.4 is 0 Å². The van der Waals surface area contributed by atoms with E-state index >= 15 is 0 Å². The van der Waals surface area contributed by atoms with Gasteiger partial charge in [0.25, 0.3) is 0 Å². The highest BCUT2D eigenvalue weighted by Gasteiger charge is 2.39. The van der Waals surface area contributed by atoms with Gasteiger partial charge in [0.05, 0.1) is 19.6 Å². The topological polar surface area (TPSA) is 35.5 Å². The van der Waals surface area contributed by atoms with Crippen molar-refractivity contribution >= 4 is 14.3 Å². The van der Waals surface area contributed by atoms with Gasteiger partial charge in [0.2, 0.25) is 0 Å². The molecule has 0 aliphatic rings. The second kappa shape index (κ2) is 6.55. The molecule has 1 atom stereocenters. The first kappa shape index (κ1) is 16.9. The summed E-state index contributed by atoms with van der Waals surface area (Å²) in [7, 11) is -0.525. The summed E-state index contributed by atoms with van der Waals surface area (Å²) in [6.07, 6.45) is 0.0251. The summed E-state index contributed by atoms with van der Waals surface area (Å²) in [5.41, 5.74) is 1.03. The average Bonchev–Trinajstić information content (AvgIpc) is 2.37. The molecule has 0 radical (unpaired) electrons. The number of rotatable bonds is 5. The second-order valence-electron chi connectivity index (χ2n) is 6.56. The second-order valence-corrected chi connectivity index (χ2v) is 11.3. The van der Waals surface area contributed by atoms with Crippen molar-refractivity contribution in [1.82, 2.24) is 0 Å². The van der Waals surface area contributed by atoms with Gasteiger partial charge in [0.1, 0.15) is 0 Å². The Morgan fingerprint density at radius 3 is 2.20 bits per heavy atom. The highest BCUT2D eigenvalue weighted by molar-refractivity contribution is 6.74. The van der Waals surface area contributed by atoms with Gasteiger partial charge in [0, 0.05) is 0 Å². The average molecular weight is 294 g/mol. The lowest BCUT2D eigenvalue weighted by molar-refractivity contribution is -0.142. The molecule has 20 heavy (non-hydrogen) atoms. The molecule has 0 aliphatic carbocycles. The molecular formula is C16H26O3Si. The van der Waals surface area contributed by atoms with E-state index in [1.54, 1.807) is 0 Å². The summed E-state index contributed by atoms with van der Waals surface area (Å²) >= 11 is 0. The molecule has 0 bridgehead atoms. The first-order valence-corrected chi connectivity index (χ1v) is 9.88. The molecule has 112 valence electrons. The molecule has 0 aromatic heterocycles. The third-order valence-electron chi connectivity index (χ3n) is 3.99. The maximum absolute atomic E-state index is 11.6. The molecule has 0 saturated heterocycles. The van der Waals surface area contributed by atoms with E-state index in [2.05, 4.69) is 33.9 Å². The van der Waals surface area contributed by atoms with Crippen molar-refractivity contribution in [3.8, 4) is 0 Å². The summed E-state index contributed by atoms with van der Waals surface area (Å²) in [6.45, 7) is 11.0. The molecule has 1 aromatic rings. The van der Waals surface area contributed by atoms with E-state index in [0.717, 1.165) is 5.56 Å². The summed E-state index contributed by atoms with van der Waals surface area (Å²) in [5, 5.41) is 0.107. The third kappa shape index (κ3) is 4.46. The van der Waals surface area contributed by atoms with Crippen molar-refractivity contribution in [2.75, 3.05) is 7.11 Å². The van der Waals surface area contributed by atoms with Crippen molar-refractivity contribution in [2.45, 2.75) is 51.4 Å². The summed E-state index contributed by atoms with van der Waals surface area (Å²) in [5.74, 6) is -0.238. The molecule has 0 aliphatic heterocycles. The predicted molar refractivity (Wildman–Crippen MR) is 84.1 cm³/mol. The van der Waals surface area contributed by atoms with Crippen molar-refractivity contribution in [3.63, 3.8) is 0 Å². The van der Waals surface area contributed by atoms with Crippen LogP contribution in [0.5, 0.6) is 0 Å². The van der Waals surface area contributed by atoms with E-state index in [1.165, 1.54) is 7.11 Å². The van der Waals surface area contributed by atoms with E-state index in [1.807, 2.05) is 30.3 Å². The van der Waals surface area contributed by atoms with Crippen LogP contribution in [0.3, 0.4) is 0 Å². The van der Waals surface area contributed by atoms with Crippen LogP contribution >= 0.6 is 0 Å². The number of carbonyl (C=O) groups excluding carboxylic acids is 1. The predicted octanol–water partition coefficient (Wildman–Crippen LogP) is 4.31. The largest absolute Gasteiger partial charge is 0.469 e. The van der Waals surface area contributed by atoms with Crippen LogP contribution in [0.2, 0.25) is 18.1 Å². The fraction of sp³-hybridized carbons (Fsp3) is 0.562. The van der Waals surface area contributed by atoms with Gasteiger partial charge in [-0.3, -0.25) is 4.79 Å². The fourth-order valence-electron chi connectivity index (χ4n) is 1.66. The van der Waals surface area contributed by atoms with E-state index in [-0.39, 0.29) is 23.5 Å². The number of methoxy groups -OCH3 is 1. The minimum absolute atomic E-state index is 0.107. The Morgan fingerprint density at radius 2 is 1.75 bits per heavy atom. The van der Waals surface area contributed by atoms with Crippen LogP contribution in [-0.2, 0) is 14.0 Å². The zero-order chi connectivity index (χ0) is 15.4. The molecule has 1 rings (SSSR count). The Labute approximate surface area is 123 Å². The van der Waals surface area contributed by atoms with Crippen LogP contribution in [0.4, 0.5) is 0 Å². The number of benzene rings is 1. The van der Waals surface area contributed by atoms with Gasteiger partial charge in [0.15, 0.2) is 8.32 Å². The summed E-state index contributed by atoms with van der Waals surface area (Å²) in [6, 6.07) is 9.90. The monoisotopic (exact) mass is 294 g/mol. The van der Waals surface area contributed by atoms with Crippen LogP contribution in [0, 0.1) is 0 Å². The van der Waals surface area contributed by atoms with E-state index in [9.17, 15) is 4.79 Å². The zero-order valence-electron chi connectivity index (χ0n) is 13.4. The number of hydrogen-bond acceptors (Lipinski definition) is 3. The molecule has 0 spiro atoms. The molecular weight excluding hydrogens is 268 g/mol. The lowest BCUT2D eigenvalue weighted by atomic mass is 10.1. The Balaban J connectivity index is 2.98. The zero-order valence-corrected chi connectivity index (χ0v) is 14.4. The quantitative estimate of drug-likeness (QED) is 0.599. The lowest BCUT2D eigenvalue weighted by Gasteiger charge is -2.39. The highest BCUT2D eigenvalue weighted by atomic mass is 28.4. The van der Waals surface area contributed by atoms with Gasteiger partial charge in [-0.25, -0.2) is 0 Å². The number of carbonyl (C=O) groups is 1. The molecule has 0 N–H and O–H groups in total. The Hall–Kier alpha value is -1.13. The maximum Gasteiger partial charge on any atom is 0.308 e. The van der Waals surface area contributed by atoms with Crippen molar-refractivity contribution in [2.24, 2.45) is 0 Å². The molecule has 0 amide bonds. The first-order valence-electron chi connectivity index (χ1n) is 6.97. The standard InChI is InChI=1S/C16H26O3Si/c1-16(2,3)20(5,6)19-14(12-15(17)18-4)13-10-8-7-9-11-13/h7-11,14H,12H2,1-6H3/t14-/m0/s1. The highest BCUT2D eigenvalue weighted by Crippen LogP contribution is 2.40. The minimum Gasteiger partial charge on any atom is -0.469 e. The molecule has 0 saturated carbocycles. The summed E-state index contributed by atoms with van der Waals surface area (Å²) in [4.78, 5) is 11.6. The minimum atomic E-state index is -1.94. The number of esters is 1. The van der Waals surface area contributed by atoms with Gasteiger partial charge in [-0.2, -0.15) is 0 Å². The molecule has 4 heteroatoms. The van der Waals surface area contributed by atoms with Crippen molar-refractivity contribution in [3.05, 3.63) is 35.9 Å². The molecule has 3 nitrogen and oxygen atoms in total. The summed E-state index contributed by atoms with van der Waals surface area (Å²) < 4.78 is 11.2. The van der Waals surface area contributed by atoms with Crippen LogP contribution in [-0.4, -0.2) is 21.4 Å². The number of hydrogen-bond donors (Lipinski definition) is 0.